The van der Waals surface area contributed by atoms with Crippen LogP contribution in [0.4, 0.5) is 21.9 Å². The van der Waals surface area contributed by atoms with Crippen molar-refractivity contribution in [3.63, 3.8) is 0 Å². The Balaban J connectivity index is 1.67. The first kappa shape index (κ1) is 23.1. The first-order chi connectivity index (χ1) is 15.4. The van der Waals surface area contributed by atoms with Crippen LogP contribution in [0, 0.1) is 10.1 Å². The molecule has 11 heteroatoms. The Bertz CT molecular complexity index is 1010. The average molecular weight is 458 g/mol. The van der Waals surface area contributed by atoms with Gasteiger partial charge in [-0.1, -0.05) is 6.07 Å². The van der Waals surface area contributed by atoms with Gasteiger partial charge in [-0.2, -0.15) is 11.8 Å². The molecule has 32 heavy (non-hydrogen) atoms. The Morgan fingerprint density at radius 3 is 2.62 bits per heavy atom. The number of hydrogen-bond donors (Lipinski definition) is 3. The molecule has 2 aromatic carbocycles. The number of urea groups is 1. The van der Waals surface area contributed by atoms with Crippen molar-refractivity contribution in [3.8, 4) is 0 Å². The van der Waals surface area contributed by atoms with Gasteiger partial charge in [0.25, 0.3) is 11.6 Å². The van der Waals surface area contributed by atoms with Gasteiger partial charge in [0.05, 0.1) is 4.92 Å². The fourth-order valence-corrected chi connectivity index (χ4v) is 3.65. The number of rotatable bonds is 9. The summed E-state index contributed by atoms with van der Waals surface area (Å²) >= 11 is 1.54. The molecule has 2 aromatic rings. The highest BCUT2D eigenvalue weighted by atomic mass is 32.2. The smallest absolute Gasteiger partial charge is 0.321 e. The number of thioether (sulfide) groups is 1. The van der Waals surface area contributed by atoms with Crippen LogP contribution in [0.5, 0.6) is 0 Å². The molecule has 0 aliphatic carbocycles. The zero-order valence-electron chi connectivity index (χ0n) is 17.4. The molecule has 3 N–H and O–H groups in total. The van der Waals surface area contributed by atoms with Crippen molar-refractivity contribution >= 4 is 46.7 Å². The van der Waals surface area contributed by atoms with E-state index in [0.717, 1.165) is 5.69 Å². The van der Waals surface area contributed by atoms with Gasteiger partial charge in [-0.05, 0) is 48.8 Å². The van der Waals surface area contributed by atoms with Crippen molar-refractivity contribution in [2.75, 3.05) is 35.3 Å². The van der Waals surface area contributed by atoms with Gasteiger partial charge in [-0.25, -0.2) is 4.79 Å². The number of carbonyl (C=O) groups is 3. The lowest BCUT2D eigenvalue weighted by molar-refractivity contribution is -0.384. The Morgan fingerprint density at radius 2 is 2.00 bits per heavy atom. The minimum atomic E-state index is -0.821. The molecule has 0 bridgehead atoms. The van der Waals surface area contributed by atoms with E-state index in [0.29, 0.717) is 31.0 Å². The third-order valence-electron chi connectivity index (χ3n) is 4.85. The quantitative estimate of drug-likeness (QED) is 0.391. The Kier molecular flexibility index (Phi) is 7.66. The number of nitro benzene ring substituents is 1. The second-order valence-corrected chi connectivity index (χ2v) is 8.02. The SMILES string of the molecule is CSCCC(NC(=O)c1cccc([N+](=O)[O-])c1)C(=O)Nc1ccc(N2CCNC2=O)cc1. The summed E-state index contributed by atoms with van der Waals surface area (Å²) in [6, 6.07) is 11.2. The predicted octanol–water partition coefficient (Wildman–Crippen LogP) is 2.61. The molecule has 168 valence electrons. The lowest BCUT2D eigenvalue weighted by Gasteiger charge is -2.19. The van der Waals surface area contributed by atoms with Gasteiger partial charge in [0.2, 0.25) is 5.91 Å². The number of nitro groups is 1. The second kappa shape index (κ2) is 10.6. The van der Waals surface area contributed by atoms with E-state index in [9.17, 15) is 24.5 Å². The van der Waals surface area contributed by atoms with Crippen molar-refractivity contribution in [2.45, 2.75) is 12.5 Å². The molecule has 1 unspecified atom stereocenters. The summed E-state index contributed by atoms with van der Waals surface area (Å²) in [5.41, 5.74) is 1.15. The summed E-state index contributed by atoms with van der Waals surface area (Å²) in [6.07, 6.45) is 2.28. The third kappa shape index (κ3) is 5.76. The number of nitrogens with zero attached hydrogens (tertiary/aromatic N) is 2. The van der Waals surface area contributed by atoms with Crippen LogP contribution in [0.3, 0.4) is 0 Å². The highest BCUT2D eigenvalue weighted by molar-refractivity contribution is 7.98. The minimum absolute atomic E-state index is 0.106. The van der Waals surface area contributed by atoms with Gasteiger partial charge < -0.3 is 16.0 Å². The third-order valence-corrected chi connectivity index (χ3v) is 5.50. The van der Waals surface area contributed by atoms with Gasteiger partial charge in [0.15, 0.2) is 0 Å². The van der Waals surface area contributed by atoms with Crippen LogP contribution in [0.1, 0.15) is 16.8 Å². The Labute approximate surface area is 188 Å². The zero-order chi connectivity index (χ0) is 23.1. The van der Waals surface area contributed by atoms with Gasteiger partial charge in [-0.3, -0.25) is 24.6 Å². The number of benzene rings is 2. The van der Waals surface area contributed by atoms with Crippen molar-refractivity contribution in [1.82, 2.24) is 10.6 Å². The van der Waals surface area contributed by atoms with Gasteiger partial charge in [0.1, 0.15) is 6.04 Å². The van der Waals surface area contributed by atoms with E-state index in [4.69, 9.17) is 0 Å². The summed E-state index contributed by atoms with van der Waals surface area (Å²) in [7, 11) is 0. The summed E-state index contributed by atoms with van der Waals surface area (Å²) < 4.78 is 0. The molecule has 1 aliphatic rings. The zero-order valence-corrected chi connectivity index (χ0v) is 18.2. The number of amides is 4. The maximum Gasteiger partial charge on any atom is 0.321 e. The van der Waals surface area contributed by atoms with Gasteiger partial charge in [0, 0.05) is 42.2 Å². The molecule has 0 spiro atoms. The fourth-order valence-electron chi connectivity index (χ4n) is 3.18. The molecule has 1 atom stereocenters. The molecular weight excluding hydrogens is 434 g/mol. The van der Waals surface area contributed by atoms with Crippen LogP contribution in [0.25, 0.3) is 0 Å². The minimum Gasteiger partial charge on any atom is -0.340 e. The van der Waals surface area contributed by atoms with E-state index in [1.807, 2.05) is 6.26 Å². The summed E-state index contributed by atoms with van der Waals surface area (Å²) in [5, 5.41) is 19.1. The van der Waals surface area contributed by atoms with Crippen molar-refractivity contribution in [1.29, 1.82) is 0 Å². The van der Waals surface area contributed by atoms with Crippen LogP contribution in [0.2, 0.25) is 0 Å². The highest BCUT2D eigenvalue weighted by Gasteiger charge is 2.23. The van der Waals surface area contributed by atoms with E-state index in [1.54, 1.807) is 29.2 Å². The van der Waals surface area contributed by atoms with Crippen LogP contribution in [0.15, 0.2) is 48.5 Å². The molecule has 1 fully saturated rings. The summed E-state index contributed by atoms with van der Waals surface area (Å²) in [6.45, 7) is 1.16. The molecule has 4 amide bonds. The average Bonchev–Trinajstić information content (AvgIpc) is 3.22. The van der Waals surface area contributed by atoms with E-state index in [1.165, 1.54) is 36.0 Å². The number of carbonyl (C=O) groups excluding carboxylic acids is 3. The molecule has 1 heterocycles. The fraction of sp³-hybridized carbons (Fsp3) is 0.286. The van der Waals surface area contributed by atoms with E-state index in [2.05, 4.69) is 16.0 Å². The summed E-state index contributed by atoms with van der Waals surface area (Å²) in [5.74, 6) is -0.328. The van der Waals surface area contributed by atoms with Crippen molar-refractivity contribution in [2.24, 2.45) is 0 Å². The maximum atomic E-state index is 12.8. The molecule has 1 aliphatic heterocycles. The molecule has 0 aromatic heterocycles. The normalized spacial score (nSPS) is 13.9. The molecule has 0 radical (unpaired) electrons. The van der Waals surface area contributed by atoms with Crippen LogP contribution >= 0.6 is 11.8 Å². The predicted molar refractivity (Wildman–Crippen MR) is 123 cm³/mol. The molecule has 3 rings (SSSR count). The van der Waals surface area contributed by atoms with Crippen molar-refractivity contribution < 1.29 is 19.3 Å². The highest BCUT2D eigenvalue weighted by Crippen LogP contribution is 2.20. The first-order valence-corrected chi connectivity index (χ1v) is 11.3. The van der Waals surface area contributed by atoms with E-state index in [-0.39, 0.29) is 17.3 Å². The van der Waals surface area contributed by atoms with E-state index >= 15 is 0 Å². The Morgan fingerprint density at radius 1 is 1.25 bits per heavy atom. The van der Waals surface area contributed by atoms with Crippen molar-refractivity contribution in [3.05, 3.63) is 64.2 Å². The first-order valence-electron chi connectivity index (χ1n) is 9.89. The maximum absolute atomic E-state index is 12.8. The van der Waals surface area contributed by atoms with Crippen LogP contribution in [-0.2, 0) is 4.79 Å². The lowest BCUT2D eigenvalue weighted by atomic mass is 10.1. The van der Waals surface area contributed by atoms with Gasteiger partial charge in [-0.15, -0.1) is 0 Å². The lowest BCUT2D eigenvalue weighted by Crippen LogP contribution is -2.44. The topological polar surface area (TPSA) is 134 Å². The summed E-state index contributed by atoms with van der Waals surface area (Å²) in [4.78, 5) is 49.2. The standard InChI is InChI=1S/C21H23N5O5S/c1-32-12-9-18(24-19(27)14-3-2-4-17(13-14)26(30)31)20(28)23-15-5-7-16(8-6-15)25-11-10-22-21(25)29/h2-8,13,18H,9-12H2,1H3,(H,22,29)(H,23,28)(H,24,27). The molecule has 1 saturated heterocycles. The monoisotopic (exact) mass is 457 g/mol. The number of non-ortho nitro benzene ring substituents is 1. The molecular formula is C21H23N5O5S. The van der Waals surface area contributed by atoms with E-state index < -0.39 is 22.8 Å². The molecule has 10 nitrogen and oxygen atoms in total. The van der Waals surface area contributed by atoms with Crippen LogP contribution in [-0.4, -0.2) is 53.9 Å². The van der Waals surface area contributed by atoms with Crippen LogP contribution < -0.4 is 20.9 Å². The number of anilines is 2. The number of nitrogens with one attached hydrogen (secondary N) is 3. The largest absolute Gasteiger partial charge is 0.340 e. The second-order valence-electron chi connectivity index (χ2n) is 7.03. The molecule has 0 saturated carbocycles. The Hall–Kier alpha value is -3.60. The number of hydrogen-bond acceptors (Lipinski definition) is 6. The van der Waals surface area contributed by atoms with Gasteiger partial charge >= 0.3 is 6.03 Å².